The van der Waals surface area contributed by atoms with Crippen LogP contribution in [0.5, 0.6) is 0 Å². The zero-order valence-electron chi connectivity index (χ0n) is 45.7. The summed E-state index contributed by atoms with van der Waals surface area (Å²) in [6, 6.07) is -5.11. The largest absolute Gasteiger partial charge is 0.394 e. The van der Waals surface area contributed by atoms with Crippen molar-refractivity contribution in [2.45, 2.75) is 242 Å². The van der Waals surface area contributed by atoms with Gasteiger partial charge in [0, 0.05) is 32.3 Å². The van der Waals surface area contributed by atoms with Crippen LogP contribution in [0.2, 0.25) is 0 Å². The van der Waals surface area contributed by atoms with Crippen LogP contribution in [0.3, 0.4) is 0 Å². The maximum absolute atomic E-state index is 11.4. The van der Waals surface area contributed by atoms with Crippen LogP contribution >= 0.6 is 0 Å². The van der Waals surface area contributed by atoms with Crippen molar-refractivity contribution in [3.8, 4) is 0 Å². The van der Waals surface area contributed by atoms with Gasteiger partial charge in [0.2, 0.25) is 0 Å². The van der Waals surface area contributed by atoms with Gasteiger partial charge in [-0.1, -0.05) is 0 Å². The maximum atomic E-state index is 11.4. The Bertz CT molecular complexity index is 1900. The van der Waals surface area contributed by atoms with Crippen molar-refractivity contribution in [1.82, 2.24) is 0 Å². The summed E-state index contributed by atoms with van der Waals surface area (Å²) < 4.78 is 93.6. The smallest absolute Gasteiger partial charge is 0.176 e. The third kappa shape index (κ3) is 16.5. The molecule has 0 amide bonds. The van der Waals surface area contributed by atoms with Crippen molar-refractivity contribution in [3.63, 3.8) is 0 Å². The van der Waals surface area contributed by atoms with Crippen molar-refractivity contribution in [2.24, 2.45) is 28.7 Å². The highest BCUT2D eigenvalue weighted by atomic mass is 16.8. The summed E-state index contributed by atoms with van der Waals surface area (Å²) in [6.45, 7) is -2.66. The summed E-state index contributed by atoms with van der Waals surface area (Å²) in [5.74, 6) is 0. The second-order valence-electron chi connectivity index (χ2n) is 22.1. The van der Waals surface area contributed by atoms with Crippen LogP contribution in [0.4, 0.5) is 0 Å². The number of hydrogen-bond acceptors (Lipinski definition) is 34. The Morgan fingerprint density at radius 2 is 0.651 bits per heavy atom. The fourth-order valence-corrected chi connectivity index (χ4v) is 11.1. The predicted molar refractivity (Wildman–Crippen MR) is 269 cm³/mol. The highest BCUT2D eigenvalue weighted by Gasteiger charge is 2.53. The highest BCUT2D eigenvalue weighted by molar-refractivity contribution is 4.99. The zero-order valence-corrected chi connectivity index (χ0v) is 45.7. The van der Waals surface area contributed by atoms with Crippen molar-refractivity contribution in [2.75, 3.05) is 66.0 Å². The van der Waals surface area contributed by atoms with Gasteiger partial charge < -0.3 is 171 Å². The van der Waals surface area contributed by atoms with Crippen LogP contribution in [0, 0.1) is 0 Å². The molecule has 23 N–H and O–H groups in total. The molecule has 8 aliphatic heterocycles. The average Bonchev–Trinajstić information content (AvgIpc) is 3.68. The maximum Gasteiger partial charge on any atom is 0.176 e. The van der Waals surface area contributed by atoms with E-state index in [2.05, 4.69) is 0 Å². The van der Waals surface area contributed by atoms with Gasteiger partial charge in [0.25, 0.3) is 0 Å². The van der Waals surface area contributed by atoms with Crippen LogP contribution in [0.15, 0.2) is 0 Å². The molecule has 0 aromatic heterocycles. The first kappa shape index (κ1) is 67.6. The van der Waals surface area contributed by atoms with E-state index >= 15 is 0 Å². The van der Waals surface area contributed by atoms with Gasteiger partial charge in [-0.15, -0.1) is 0 Å². The van der Waals surface area contributed by atoms with Crippen molar-refractivity contribution in [3.05, 3.63) is 0 Å². The van der Waals surface area contributed by atoms with Gasteiger partial charge >= 0.3 is 0 Å². The molecular formula is C49H89N5O29. The molecule has 8 rings (SSSR count). The Kier molecular flexibility index (Phi) is 25.6. The molecular weight excluding hydrogens is 1120 g/mol. The van der Waals surface area contributed by atoms with Gasteiger partial charge in [-0.2, -0.15) is 0 Å². The van der Waals surface area contributed by atoms with Gasteiger partial charge in [0.15, 0.2) is 50.3 Å². The normalized spacial score (nSPS) is 49.4. The van der Waals surface area contributed by atoms with E-state index in [-0.39, 0.29) is 52.1 Å². The molecule has 0 bridgehead atoms. The number of aliphatic hydroxyl groups is 13. The van der Waals surface area contributed by atoms with E-state index in [0.29, 0.717) is 13.2 Å². The van der Waals surface area contributed by atoms with Crippen molar-refractivity contribution >= 4 is 0 Å². The lowest BCUT2D eigenvalue weighted by Gasteiger charge is -2.47. The SMILES string of the molecule is NCCCCCO[C@H]1C[C@H](O)[C@H](O[C@H]2OC(CO)[C@@H](O[C@H]3C[C@H](O)[C@H](O[C@H]4OC(CO)[C@@H](O[C@H]5C[C@H](O)[C@H](O[C@H]6OC(CO)[C@@H](O[C@H]7C[C@H](O)[C@H](O[C@H]8OC(CO)[C@@H](O)[C@H](O)C8N)CO7)[C@H](O)C6N)CO5)[C@H](O)C4N)CO3)[C@H](O)C2N)CO1. The zero-order chi connectivity index (χ0) is 59.8. The Morgan fingerprint density at radius 3 is 0.964 bits per heavy atom. The van der Waals surface area contributed by atoms with Gasteiger partial charge in [-0.25, -0.2) is 0 Å². The second kappa shape index (κ2) is 31.4. The summed E-state index contributed by atoms with van der Waals surface area (Å²) in [5.41, 5.74) is 30.6. The standard InChI is InChI=1S/C49H89N5O29/c50-4-2-1-3-5-68-30-6-18(59)26(14-69-30)78-47-35(52)40(65)43(23(11-56)74-47)82-32-8-20(61)28(16-71-32)80-49-37(54)42(67)45(25(13-58)76-49)83-33-9-21(62)29(17-72-33)79-48-36(53)41(66)44(24(12-57)75-48)81-31-7-19(60)27(15-70-31)77-46-34(51)39(64)38(63)22(10-55)73-46/h18-49,55-67H,1-17,50-54H2/t18-,19-,20-,21-,22?,23?,24?,25?,26+,27+,28+,29+,30+,31-,32-,33-,34?,35?,36?,37?,38+,39+,40+,41+,42+,43+,44+,45+,46+,47+,48+,49+/m0/s1. The predicted octanol–water partition coefficient (Wildman–Crippen LogP) is -10.8. The molecule has 0 aliphatic carbocycles. The Balaban J connectivity index is 0.749. The molecule has 484 valence electrons. The minimum atomic E-state index is -1.57. The van der Waals surface area contributed by atoms with E-state index in [1.165, 1.54) is 0 Å². The topological polar surface area (TPSA) is 541 Å². The highest BCUT2D eigenvalue weighted by Crippen LogP contribution is 2.35. The minimum absolute atomic E-state index is 0.0545. The molecule has 0 radical (unpaired) electrons. The van der Waals surface area contributed by atoms with E-state index < -0.39 is 223 Å². The second-order valence-corrected chi connectivity index (χ2v) is 22.1. The van der Waals surface area contributed by atoms with E-state index in [1.807, 2.05) is 0 Å². The van der Waals surface area contributed by atoms with Crippen LogP contribution in [-0.2, 0) is 75.8 Å². The Hall–Kier alpha value is -1.36. The first-order valence-corrected chi connectivity index (χ1v) is 28.3. The summed E-state index contributed by atoms with van der Waals surface area (Å²) in [5, 5.41) is 139. The molecule has 8 aliphatic rings. The molecule has 8 unspecified atom stereocenters. The van der Waals surface area contributed by atoms with Crippen molar-refractivity contribution < 1.29 is 142 Å². The molecule has 0 aromatic rings. The molecule has 8 heterocycles. The lowest BCUT2D eigenvalue weighted by molar-refractivity contribution is -0.351. The van der Waals surface area contributed by atoms with Crippen LogP contribution in [-0.4, -0.2) is 329 Å². The molecule has 0 spiro atoms. The molecule has 8 saturated heterocycles. The number of hydrogen-bond donors (Lipinski definition) is 18. The van der Waals surface area contributed by atoms with E-state index in [9.17, 15) is 66.4 Å². The minimum Gasteiger partial charge on any atom is -0.394 e. The summed E-state index contributed by atoms with van der Waals surface area (Å²) in [6.07, 6.45) is -33.1. The third-order valence-electron chi connectivity index (χ3n) is 16.2. The molecule has 83 heavy (non-hydrogen) atoms. The molecule has 34 heteroatoms. The quantitative estimate of drug-likeness (QED) is 0.0399. The van der Waals surface area contributed by atoms with Gasteiger partial charge in [-0.3, -0.25) is 0 Å². The fraction of sp³-hybridized carbons (Fsp3) is 1.00. The lowest BCUT2D eigenvalue weighted by atomic mass is 9.96. The van der Waals surface area contributed by atoms with Crippen LogP contribution in [0.25, 0.3) is 0 Å². The van der Waals surface area contributed by atoms with E-state index in [1.54, 1.807) is 0 Å². The number of unbranched alkanes of at least 4 members (excludes halogenated alkanes) is 2. The van der Waals surface area contributed by atoms with Crippen molar-refractivity contribution in [1.29, 1.82) is 0 Å². The number of nitrogens with two attached hydrogens (primary N) is 5. The third-order valence-corrected chi connectivity index (χ3v) is 16.2. The van der Waals surface area contributed by atoms with Crippen LogP contribution in [0.1, 0.15) is 44.9 Å². The monoisotopic (exact) mass is 1210 g/mol. The number of aliphatic hydroxyl groups excluding tert-OH is 13. The average molecular weight is 1210 g/mol. The fourth-order valence-electron chi connectivity index (χ4n) is 11.1. The summed E-state index contributed by atoms with van der Waals surface area (Å²) in [4.78, 5) is 0. The number of ether oxygens (including phenoxy) is 16. The van der Waals surface area contributed by atoms with Crippen LogP contribution < -0.4 is 28.7 Å². The number of rotatable bonds is 24. The molecule has 32 atom stereocenters. The molecule has 0 aromatic carbocycles. The van der Waals surface area contributed by atoms with Gasteiger partial charge in [0.1, 0.15) is 97.7 Å². The van der Waals surface area contributed by atoms with E-state index in [0.717, 1.165) is 19.3 Å². The van der Waals surface area contributed by atoms with Gasteiger partial charge in [-0.05, 0) is 25.8 Å². The summed E-state index contributed by atoms with van der Waals surface area (Å²) in [7, 11) is 0. The summed E-state index contributed by atoms with van der Waals surface area (Å²) >= 11 is 0. The Morgan fingerprint density at radius 1 is 0.349 bits per heavy atom. The molecule has 0 saturated carbocycles. The van der Waals surface area contributed by atoms with E-state index in [4.69, 9.17) is 104 Å². The molecule has 34 nitrogen and oxygen atoms in total. The molecule has 8 fully saturated rings. The van der Waals surface area contributed by atoms with Gasteiger partial charge in [0.05, 0.1) is 101 Å². The Labute approximate surface area is 477 Å². The first-order valence-electron chi connectivity index (χ1n) is 28.3. The lowest BCUT2D eigenvalue weighted by Crippen LogP contribution is -2.66. The first-order chi connectivity index (χ1) is 39.8.